The predicted octanol–water partition coefficient (Wildman–Crippen LogP) is 7.62. The highest BCUT2D eigenvalue weighted by molar-refractivity contribution is 5.90. The molecule has 0 amide bonds. The first-order valence-electron chi connectivity index (χ1n) is 12.6. The molecule has 0 aliphatic rings. The third-order valence-electron chi connectivity index (χ3n) is 6.22. The molecule has 0 saturated heterocycles. The monoisotopic (exact) mass is 452 g/mol. The lowest BCUT2D eigenvalue weighted by molar-refractivity contribution is -0.105. The van der Waals surface area contributed by atoms with Crippen LogP contribution in [0.4, 0.5) is 0 Å². The van der Waals surface area contributed by atoms with Gasteiger partial charge in [0.05, 0.1) is 11.1 Å². The molecule has 4 nitrogen and oxygen atoms in total. The van der Waals surface area contributed by atoms with Gasteiger partial charge in [0.15, 0.2) is 0 Å². The topological polar surface area (TPSA) is 52.6 Å². The molecule has 0 fully saturated rings. The summed E-state index contributed by atoms with van der Waals surface area (Å²) in [6, 6.07) is 18.3. The summed E-state index contributed by atoms with van der Waals surface area (Å²) in [6.45, 7) is 8.48. The normalized spacial score (nSPS) is 13.2. The lowest BCUT2D eigenvalue weighted by atomic mass is 9.73. The van der Waals surface area contributed by atoms with Crippen molar-refractivity contribution in [3.8, 4) is 0 Å². The number of carbonyl (C=O) groups is 2. The summed E-state index contributed by atoms with van der Waals surface area (Å²) in [5.74, 6) is -0.683. The molecule has 2 aromatic carbocycles. The summed E-state index contributed by atoms with van der Waals surface area (Å²) in [4.78, 5) is 26.2. The highest BCUT2D eigenvalue weighted by Gasteiger charge is 2.46. The Kier molecular flexibility index (Phi) is 11.2. The highest BCUT2D eigenvalue weighted by Crippen LogP contribution is 2.41. The molecule has 0 radical (unpaired) electrons. The van der Waals surface area contributed by atoms with E-state index in [0.717, 1.165) is 51.4 Å². The van der Waals surface area contributed by atoms with Gasteiger partial charge in [-0.1, -0.05) is 89.8 Å². The Morgan fingerprint density at radius 3 is 1.64 bits per heavy atom. The molecule has 2 rings (SSSR count). The van der Waals surface area contributed by atoms with Crippen molar-refractivity contribution >= 4 is 11.9 Å². The maximum absolute atomic E-state index is 13.2. The third kappa shape index (κ3) is 7.45. The fraction of sp³-hybridized carbons (Fsp3) is 0.517. The van der Waals surface area contributed by atoms with Crippen LogP contribution in [-0.4, -0.2) is 23.6 Å². The summed E-state index contributed by atoms with van der Waals surface area (Å²) in [7, 11) is 0. The molecule has 4 heteroatoms. The summed E-state index contributed by atoms with van der Waals surface area (Å²) < 4.78 is 12.6. The van der Waals surface area contributed by atoms with Crippen LogP contribution in [0.1, 0.15) is 99.8 Å². The first kappa shape index (κ1) is 26.6. The zero-order chi connectivity index (χ0) is 24.1. The molecule has 0 aliphatic carbocycles. The van der Waals surface area contributed by atoms with Gasteiger partial charge in [-0.05, 0) is 49.9 Å². The van der Waals surface area contributed by atoms with E-state index in [1.807, 2.05) is 36.4 Å². The summed E-state index contributed by atoms with van der Waals surface area (Å²) in [5, 5.41) is 0. The minimum Gasteiger partial charge on any atom is -0.458 e. The number of hydrogen-bond donors (Lipinski definition) is 0. The molecule has 2 unspecified atom stereocenters. The maximum atomic E-state index is 13.2. The molecule has 33 heavy (non-hydrogen) atoms. The van der Waals surface area contributed by atoms with Gasteiger partial charge < -0.3 is 9.47 Å². The van der Waals surface area contributed by atoms with Crippen molar-refractivity contribution < 1.29 is 19.1 Å². The molecule has 180 valence electrons. The first-order valence-corrected chi connectivity index (χ1v) is 12.6. The van der Waals surface area contributed by atoms with Crippen LogP contribution in [0, 0.1) is 5.92 Å². The average molecular weight is 453 g/mol. The molecular weight excluding hydrogens is 412 g/mol. The van der Waals surface area contributed by atoms with E-state index >= 15 is 0 Å². The Morgan fingerprint density at radius 2 is 1.18 bits per heavy atom. The van der Waals surface area contributed by atoms with Gasteiger partial charge >= 0.3 is 11.9 Å². The number of rotatable bonds is 14. The zero-order valence-corrected chi connectivity index (χ0v) is 20.7. The molecule has 0 N–H and O–H groups in total. The molecule has 0 heterocycles. The van der Waals surface area contributed by atoms with E-state index in [1.54, 1.807) is 24.3 Å². The van der Waals surface area contributed by atoms with Crippen molar-refractivity contribution in [3.05, 3.63) is 71.8 Å². The quantitative estimate of drug-likeness (QED) is 0.277. The second kappa shape index (κ2) is 13.8. The second-order valence-electron chi connectivity index (χ2n) is 8.81. The zero-order valence-electron chi connectivity index (χ0n) is 20.7. The standard InChI is InChI=1S/C29H40O4/c1-5-15-25(26(16-6-2)32-27(30)23-17-11-9-12-18-23)29(21-7-3,22-8-4)33-28(31)24-19-13-10-14-20-24/h9-14,17-20,25-26H,5-8,15-16,21-22H2,1-4H3. The third-order valence-corrected chi connectivity index (χ3v) is 6.22. The molecule has 0 bridgehead atoms. The van der Waals surface area contributed by atoms with E-state index in [-0.39, 0.29) is 24.0 Å². The van der Waals surface area contributed by atoms with E-state index in [9.17, 15) is 9.59 Å². The van der Waals surface area contributed by atoms with Gasteiger partial charge in [-0.2, -0.15) is 0 Å². The largest absolute Gasteiger partial charge is 0.458 e. The van der Waals surface area contributed by atoms with Crippen LogP contribution >= 0.6 is 0 Å². The first-order chi connectivity index (χ1) is 16.0. The molecule has 0 saturated carbocycles. The Labute approximate surface area is 199 Å². The molecule has 0 spiro atoms. The SMILES string of the molecule is CCCC(OC(=O)c1ccccc1)C(CCC)C(CCC)(CCC)OC(=O)c1ccccc1. The van der Waals surface area contributed by atoms with E-state index in [0.29, 0.717) is 11.1 Å². The molecule has 0 aliphatic heterocycles. The van der Waals surface area contributed by atoms with Crippen molar-refractivity contribution in [2.75, 3.05) is 0 Å². The van der Waals surface area contributed by atoms with Gasteiger partial charge in [0.1, 0.15) is 11.7 Å². The number of esters is 2. The maximum Gasteiger partial charge on any atom is 0.338 e. The Morgan fingerprint density at radius 1 is 0.697 bits per heavy atom. The Balaban J connectivity index is 2.43. The Bertz CT molecular complexity index is 825. The average Bonchev–Trinajstić information content (AvgIpc) is 2.83. The fourth-order valence-corrected chi connectivity index (χ4v) is 4.84. The lowest BCUT2D eigenvalue weighted by Crippen LogP contribution is -2.49. The van der Waals surface area contributed by atoms with Gasteiger partial charge in [-0.15, -0.1) is 0 Å². The van der Waals surface area contributed by atoms with Crippen molar-refractivity contribution in [2.45, 2.75) is 90.8 Å². The number of benzene rings is 2. The number of ether oxygens (including phenoxy) is 2. The second-order valence-corrected chi connectivity index (χ2v) is 8.81. The van der Waals surface area contributed by atoms with E-state index < -0.39 is 5.60 Å². The number of hydrogen-bond acceptors (Lipinski definition) is 4. The van der Waals surface area contributed by atoms with Gasteiger partial charge in [0.2, 0.25) is 0 Å². The summed E-state index contributed by atoms with van der Waals surface area (Å²) in [5.41, 5.74) is 0.424. The van der Waals surface area contributed by atoms with E-state index in [1.165, 1.54) is 0 Å². The Hall–Kier alpha value is -2.62. The van der Waals surface area contributed by atoms with Crippen LogP contribution in [0.15, 0.2) is 60.7 Å². The van der Waals surface area contributed by atoms with Crippen LogP contribution in [0.25, 0.3) is 0 Å². The van der Waals surface area contributed by atoms with Crippen molar-refractivity contribution in [1.29, 1.82) is 0 Å². The van der Waals surface area contributed by atoms with Gasteiger partial charge in [-0.25, -0.2) is 9.59 Å². The van der Waals surface area contributed by atoms with Gasteiger partial charge in [-0.3, -0.25) is 0 Å². The fourth-order valence-electron chi connectivity index (χ4n) is 4.84. The van der Waals surface area contributed by atoms with E-state index in [4.69, 9.17) is 9.47 Å². The van der Waals surface area contributed by atoms with Crippen molar-refractivity contribution in [3.63, 3.8) is 0 Å². The molecule has 2 aromatic rings. The smallest absolute Gasteiger partial charge is 0.338 e. The molecule has 0 aromatic heterocycles. The van der Waals surface area contributed by atoms with Crippen molar-refractivity contribution in [1.82, 2.24) is 0 Å². The van der Waals surface area contributed by atoms with E-state index in [2.05, 4.69) is 27.7 Å². The summed E-state index contributed by atoms with van der Waals surface area (Å²) >= 11 is 0. The molecular formula is C29H40O4. The van der Waals surface area contributed by atoms with Crippen LogP contribution in [0.3, 0.4) is 0 Å². The highest BCUT2D eigenvalue weighted by atomic mass is 16.6. The van der Waals surface area contributed by atoms with Gasteiger partial charge in [0, 0.05) is 5.92 Å². The number of carbonyl (C=O) groups excluding carboxylic acids is 2. The van der Waals surface area contributed by atoms with Crippen LogP contribution in [0.2, 0.25) is 0 Å². The van der Waals surface area contributed by atoms with Crippen LogP contribution < -0.4 is 0 Å². The predicted molar refractivity (Wildman–Crippen MR) is 133 cm³/mol. The lowest BCUT2D eigenvalue weighted by Gasteiger charge is -2.43. The van der Waals surface area contributed by atoms with Crippen LogP contribution in [0.5, 0.6) is 0 Å². The minimum atomic E-state index is -0.677. The van der Waals surface area contributed by atoms with Gasteiger partial charge in [0.25, 0.3) is 0 Å². The molecule has 2 atom stereocenters. The summed E-state index contributed by atoms with van der Waals surface area (Å²) in [6.07, 6.45) is 6.31. The van der Waals surface area contributed by atoms with Crippen molar-refractivity contribution in [2.24, 2.45) is 5.92 Å². The minimum absolute atomic E-state index is 0.0670. The van der Waals surface area contributed by atoms with Crippen LogP contribution in [-0.2, 0) is 9.47 Å².